The van der Waals surface area contributed by atoms with E-state index in [0.29, 0.717) is 6.61 Å². The van der Waals surface area contributed by atoms with Crippen LogP contribution in [0.25, 0.3) is 0 Å². The van der Waals surface area contributed by atoms with Crippen LogP contribution in [-0.4, -0.2) is 13.7 Å². The van der Waals surface area contributed by atoms with Gasteiger partial charge in [0.15, 0.2) is 0 Å². The second-order valence-electron chi connectivity index (χ2n) is 4.14. The summed E-state index contributed by atoms with van der Waals surface area (Å²) in [6.07, 6.45) is 0. The number of benzene rings is 1. The third-order valence-corrected chi connectivity index (χ3v) is 2.87. The third kappa shape index (κ3) is 2.89. The highest BCUT2D eigenvalue weighted by molar-refractivity contribution is 9.10. The van der Waals surface area contributed by atoms with Crippen molar-refractivity contribution in [3.63, 3.8) is 0 Å². The molecule has 0 aliphatic rings. The molecule has 1 rings (SSSR count). The lowest BCUT2D eigenvalue weighted by molar-refractivity contribution is 0.324. The Labute approximate surface area is 105 Å². The van der Waals surface area contributed by atoms with E-state index in [-0.39, 0.29) is 0 Å². The fourth-order valence-corrected chi connectivity index (χ4v) is 1.97. The van der Waals surface area contributed by atoms with Crippen molar-refractivity contribution in [1.29, 1.82) is 0 Å². The molecule has 16 heavy (non-hydrogen) atoms. The van der Waals surface area contributed by atoms with Crippen molar-refractivity contribution < 1.29 is 9.47 Å². The van der Waals surface area contributed by atoms with Crippen LogP contribution in [0.5, 0.6) is 11.5 Å². The van der Waals surface area contributed by atoms with Crippen molar-refractivity contribution in [3.8, 4) is 11.5 Å². The molecule has 0 spiro atoms. The van der Waals surface area contributed by atoms with Gasteiger partial charge in [0, 0.05) is 17.2 Å². The van der Waals surface area contributed by atoms with Gasteiger partial charge in [-0.05, 0) is 42.8 Å². The van der Waals surface area contributed by atoms with Crippen LogP contribution < -0.4 is 15.2 Å². The minimum atomic E-state index is -0.445. The van der Waals surface area contributed by atoms with E-state index in [0.717, 1.165) is 21.5 Å². The largest absolute Gasteiger partial charge is 0.495 e. The van der Waals surface area contributed by atoms with Gasteiger partial charge in [-0.25, -0.2) is 0 Å². The third-order valence-electron chi connectivity index (χ3n) is 2.25. The summed E-state index contributed by atoms with van der Waals surface area (Å²) >= 11 is 3.45. The summed E-state index contributed by atoms with van der Waals surface area (Å²) in [6.45, 7) is 6.45. The van der Waals surface area contributed by atoms with E-state index in [1.165, 1.54) is 0 Å². The topological polar surface area (TPSA) is 44.5 Å². The maximum atomic E-state index is 6.11. The number of rotatable bonds is 4. The molecule has 4 heteroatoms. The zero-order valence-corrected chi connectivity index (χ0v) is 11.7. The molecule has 90 valence electrons. The molecule has 0 radical (unpaired) electrons. The SMILES string of the molecule is CCOc1cc(OC)c(Br)cc1C(C)(C)N. The van der Waals surface area contributed by atoms with E-state index >= 15 is 0 Å². The zero-order valence-electron chi connectivity index (χ0n) is 10.1. The Balaban J connectivity index is 3.30. The number of hydrogen-bond acceptors (Lipinski definition) is 3. The van der Waals surface area contributed by atoms with E-state index < -0.39 is 5.54 Å². The number of nitrogens with two attached hydrogens (primary N) is 1. The normalized spacial score (nSPS) is 11.4. The molecule has 0 amide bonds. The van der Waals surface area contributed by atoms with Crippen molar-refractivity contribution in [2.75, 3.05) is 13.7 Å². The molecule has 0 aliphatic carbocycles. The maximum Gasteiger partial charge on any atom is 0.136 e. The molecule has 1 aromatic carbocycles. The molecule has 2 N–H and O–H groups in total. The van der Waals surface area contributed by atoms with Gasteiger partial charge in [0.2, 0.25) is 0 Å². The summed E-state index contributed by atoms with van der Waals surface area (Å²) in [6, 6.07) is 3.81. The summed E-state index contributed by atoms with van der Waals surface area (Å²) in [5.41, 5.74) is 6.62. The van der Waals surface area contributed by atoms with Crippen LogP contribution in [0, 0.1) is 0 Å². The molecule has 0 aliphatic heterocycles. The molecule has 0 saturated carbocycles. The minimum absolute atomic E-state index is 0.445. The quantitative estimate of drug-likeness (QED) is 0.926. The average molecular weight is 288 g/mol. The standard InChI is InChI=1S/C12H18BrNO2/c1-5-16-10-7-11(15-4)9(13)6-8(10)12(2,3)14/h6-7H,5,14H2,1-4H3. The predicted octanol–water partition coefficient (Wildman–Crippen LogP) is 3.05. The Hall–Kier alpha value is -0.740. The lowest BCUT2D eigenvalue weighted by Gasteiger charge is -2.23. The van der Waals surface area contributed by atoms with Crippen molar-refractivity contribution in [2.24, 2.45) is 5.73 Å². The Morgan fingerprint density at radius 2 is 1.94 bits per heavy atom. The van der Waals surface area contributed by atoms with Crippen molar-refractivity contribution >= 4 is 15.9 Å². The molecule has 0 saturated heterocycles. The van der Waals surface area contributed by atoms with E-state index in [2.05, 4.69) is 15.9 Å². The van der Waals surface area contributed by atoms with Gasteiger partial charge in [-0.2, -0.15) is 0 Å². The van der Waals surface area contributed by atoms with E-state index in [1.54, 1.807) is 7.11 Å². The first-order valence-electron chi connectivity index (χ1n) is 5.19. The van der Waals surface area contributed by atoms with Crippen LogP contribution in [0.2, 0.25) is 0 Å². The predicted molar refractivity (Wildman–Crippen MR) is 69.1 cm³/mol. The number of hydrogen-bond donors (Lipinski definition) is 1. The lowest BCUT2D eigenvalue weighted by Crippen LogP contribution is -2.29. The summed E-state index contributed by atoms with van der Waals surface area (Å²) in [5.74, 6) is 1.52. The van der Waals surface area contributed by atoms with Crippen LogP contribution in [0.3, 0.4) is 0 Å². The van der Waals surface area contributed by atoms with E-state index in [4.69, 9.17) is 15.2 Å². The highest BCUT2D eigenvalue weighted by Crippen LogP contribution is 2.37. The summed E-state index contributed by atoms with van der Waals surface area (Å²) in [7, 11) is 1.63. The minimum Gasteiger partial charge on any atom is -0.495 e. The second-order valence-corrected chi connectivity index (χ2v) is 4.99. The molecule has 0 atom stereocenters. The highest BCUT2D eigenvalue weighted by atomic mass is 79.9. The Morgan fingerprint density at radius 1 is 1.31 bits per heavy atom. The zero-order chi connectivity index (χ0) is 12.3. The molecule has 1 aromatic rings. The molecular weight excluding hydrogens is 270 g/mol. The van der Waals surface area contributed by atoms with Crippen molar-refractivity contribution in [3.05, 3.63) is 22.2 Å². The maximum absolute atomic E-state index is 6.11. The van der Waals surface area contributed by atoms with Gasteiger partial charge in [0.1, 0.15) is 11.5 Å². The fraction of sp³-hybridized carbons (Fsp3) is 0.500. The Morgan fingerprint density at radius 3 is 2.38 bits per heavy atom. The first kappa shape index (κ1) is 13.3. The van der Waals surface area contributed by atoms with Gasteiger partial charge >= 0.3 is 0 Å². The molecule has 0 unspecified atom stereocenters. The monoisotopic (exact) mass is 287 g/mol. The number of methoxy groups -OCH3 is 1. The summed E-state index contributed by atoms with van der Waals surface area (Å²) in [4.78, 5) is 0. The summed E-state index contributed by atoms with van der Waals surface area (Å²) in [5, 5.41) is 0. The average Bonchev–Trinajstić information content (AvgIpc) is 2.19. The van der Waals surface area contributed by atoms with Gasteiger partial charge in [-0.1, -0.05) is 0 Å². The summed E-state index contributed by atoms with van der Waals surface area (Å²) < 4.78 is 11.7. The van der Waals surface area contributed by atoms with Crippen LogP contribution in [0.15, 0.2) is 16.6 Å². The molecule has 0 aromatic heterocycles. The second kappa shape index (κ2) is 5.06. The van der Waals surface area contributed by atoms with E-state index in [1.807, 2.05) is 32.9 Å². The van der Waals surface area contributed by atoms with Crippen LogP contribution in [0.1, 0.15) is 26.3 Å². The smallest absolute Gasteiger partial charge is 0.136 e. The van der Waals surface area contributed by atoms with Gasteiger partial charge in [-0.3, -0.25) is 0 Å². The fourth-order valence-electron chi connectivity index (χ4n) is 1.47. The van der Waals surface area contributed by atoms with Crippen LogP contribution in [-0.2, 0) is 5.54 Å². The molecule has 3 nitrogen and oxygen atoms in total. The first-order valence-corrected chi connectivity index (χ1v) is 5.99. The van der Waals surface area contributed by atoms with E-state index in [9.17, 15) is 0 Å². The van der Waals surface area contributed by atoms with Gasteiger partial charge in [-0.15, -0.1) is 0 Å². The number of ether oxygens (including phenoxy) is 2. The van der Waals surface area contributed by atoms with Gasteiger partial charge in [0.25, 0.3) is 0 Å². The molecule has 0 fully saturated rings. The molecule has 0 bridgehead atoms. The highest BCUT2D eigenvalue weighted by Gasteiger charge is 2.21. The van der Waals surface area contributed by atoms with Gasteiger partial charge in [0.05, 0.1) is 18.2 Å². The molecule has 0 heterocycles. The molecular formula is C12H18BrNO2. The Kier molecular flexibility index (Phi) is 4.21. The lowest BCUT2D eigenvalue weighted by atomic mass is 9.94. The van der Waals surface area contributed by atoms with Crippen LogP contribution in [0.4, 0.5) is 0 Å². The van der Waals surface area contributed by atoms with Crippen LogP contribution >= 0.6 is 15.9 Å². The Bertz CT molecular complexity index is 372. The van der Waals surface area contributed by atoms with Crippen molar-refractivity contribution in [2.45, 2.75) is 26.3 Å². The van der Waals surface area contributed by atoms with Crippen molar-refractivity contribution in [1.82, 2.24) is 0 Å². The van der Waals surface area contributed by atoms with Gasteiger partial charge < -0.3 is 15.2 Å². The first-order chi connectivity index (χ1) is 7.40. The number of halogens is 1.